The van der Waals surface area contributed by atoms with Gasteiger partial charge in [0.2, 0.25) is 6.29 Å². The van der Waals surface area contributed by atoms with Crippen LogP contribution in [0.3, 0.4) is 0 Å². The molecule has 0 fully saturated rings. The molecule has 0 saturated heterocycles. The van der Waals surface area contributed by atoms with Crippen molar-refractivity contribution in [3.05, 3.63) is 19.4 Å². The highest BCUT2D eigenvalue weighted by atomic mass is 16.7. The Morgan fingerprint density at radius 1 is 1.50 bits per heavy atom. The van der Waals surface area contributed by atoms with E-state index < -0.39 is 5.79 Å². The molecule has 1 heterocycles. The Hall–Kier alpha value is -0.990. The van der Waals surface area contributed by atoms with Crippen LogP contribution in [0, 0.1) is 6.92 Å². The van der Waals surface area contributed by atoms with Gasteiger partial charge in [0.15, 0.2) is 0 Å². The molecule has 0 N–H and O–H groups in total. The minimum absolute atomic E-state index is 0.493. The number of carbonyl (C=O) groups excluding carboxylic acids is 1. The lowest BCUT2D eigenvalue weighted by Gasteiger charge is -2.13. The molecule has 0 bridgehead atoms. The fourth-order valence-electron chi connectivity index (χ4n) is 0.369. The molecule has 0 amide bonds. The lowest BCUT2D eigenvalue weighted by Crippen LogP contribution is -2.27. The maximum absolute atomic E-state index is 9.98. The molecule has 0 spiro atoms. The highest BCUT2D eigenvalue weighted by Gasteiger charge is 2.28. The second kappa shape index (κ2) is 1.51. The summed E-state index contributed by atoms with van der Waals surface area (Å²) in [6, 6.07) is 0. The maximum Gasteiger partial charge on any atom is 0.307 e. The quantitative estimate of drug-likeness (QED) is 0.457. The normalized spacial score (nSPS) is 21.6. The molecular formula is C5H5O3. The molecule has 1 aliphatic heterocycles. The minimum Gasteiger partial charge on any atom is -0.450 e. The topological polar surface area (TPSA) is 35.5 Å². The fourth-order valence-corrected chi connectivity index (χ4v) is 0.369. The van der Waals surface area contributed by atoms with Gasteiger partial charge in [-0.3, -0.25) is 4.79 Å². The number of ether oxygens (including phenoxy) is 2. The van der Waals surface area contributed by atoms with Crippen molar-refractivity contribution in [1.82, 2.24) is 0 Å². The van der Waals surface area contributed by atoms with Gasteiger partial charge >= 0.3 is 5.79 Å². The lowest BCUT2D eigenvalue weighted by molar-refractivity contribution is -0.145. The van der Waals surface area contributed by atoms with Gasteiger partial charge in [-0.2, -0.15) is 0 Å². The molecule has 43 valence electrons. The molecular weight excluding hydrogens is 108 g/mol. The zero-order valence-electron chi connectivity index (χ0n) is 4.16. The SMILES string of the molecule is [CH2]C1(C=O)OC=CO1. The Morgan fingerprint density at radius 2 is 2.00 bits per heavy atom. The minimum atomic E-state index is -1.31. The van der Waals surface area contributed by atoms with E-state index in [1.165, 1.54) is 12.5 Å². The van der Waals surface area contributed by atoms with Crippen LogP contribution in [0.5, 0.6) is 0 Å². The monoisotopic (exact) mass is 113 g/mol. The Kier molecular flexibility index (Phi) is 0.970. The first-order valence-electron chi connectivity index (χ1n) is 2.09. The van der Waals surface area contributed by atoms with Gasteiger partial charge in [0.25, 0.3) is 0 Å². The summed E-state index contributed by atoms with van der Waals surface area (Å²) in [6.45, 7) is 3.31. The standard InChI is InChI=1S/C5H5O3/c1-5(4-6)7-2-3-8-5/h2-4H,1H2. The largest absolute Gasteiger partial charge is 0.450 e. The second-order valence-electron chi connectivity index (χ2n) is 1.44. The van der Waals surface area contributed by atoms with Gasteiger partial charge in [0.05, 0.1) is 0 Å². The van der Waals surface area contributed by atoms with Gasteiger partial charge in [0, 0.05) is 6.92 Å². The van der Waals surface area contributed by atoms with E-state index >= 15 is 0 Å². The van der Waals surface area contributed by atoms with Gasteiger partial charge in [-0.25, -0.2) is 0 Å². The van der Waals surface area contributed by atoms with Gasteiger partial charge in [-0.15, -0.1) is 0 Å². The van der Waals surface area contributed by atoms with E-state index in [9.17, 15) is 4.79 Å². The zero-order chi connectivity index (χ0) is 6.04. The van der Waals surface area contributed by atoms with Crippen LogP contribution in [-0.4, -0.2) is 12.1 Å². The van der Waals surface area contributed by atoms with E-state index in [0.717, 1.165) is 0 Å². The third kappa shape index (κ3) is 0.665. The average molecular weight is 113 g/mol. The van der Waals surface area contributed by atoms with Crippen molar-refractivity contribution in [2.24, 2.45) is 0 Å². The summed E-state index contributed by atoms with van der Waals surface area (Å²) in [4.78, 5) is 9.98. The molecule has 0 unspecified atom stereocenters. The van der Waals surface area contributed by atoms with Crippen molar-refractivity contribution in [2.45, 2.75) is 5.79 Å². The molecule has 0 aromatic rings. The van der Waals surface area contributed by atoms with Crippen molar-refractivity contribution in [2.75, 3.05) is 0 Å². The molecule has 0 aromatic carbocycles. The van der Waals surface area contributed by atoms with E-state index in [4.69, 9.17) is 0 Å². The Morgan fingerprint density at radius 3 is 2.25 bits per heavy atom. The van der Waals surface area contributed by atoms with Gasteiger partial charge in [-0.05, 0) is 0 Å². The second-order valence-corrected chi connectivity index (χ2v) is 1.44. The van der Waals surface area contributed by atoms with E-state index in [1.807, 2.05) is 0 Å². The number of hydrogen-bond donors (Lipinski definition) is 0. The summed E-state index contributed by atoms with van der Waals surface area (Å²) in [5, 5.41) is 0. The predicted molar refractivity (Wildman–Crippen MR) is 25.5 cm³/mol. The number of carbonyl (C=O) groups is 1. The van der Waals surface area contributed by atoms with E-state index in [0.29, 0.717) is 6.29 Å². The van der Waals surface area contributed by atoms with Crippen LogP contribution >= 0.6 is 0 Å². The Balaban J connectivity index is 2.58. The smallest absolute Gasteiger partial charge is 0.307 e. The summed E-state index contributed by atoms with van der Waals surface area (Å²) < 4.78 is 9.22. The summed E-state index contributed by atoms with van der Waals surface area (Å²) in [6.07, 6.45) is 3.05. The highest BCUT2D eigenvalue weighted by molar-refractivity contribution is 5.61. The first kappa shape index (κ1) is 5.15. The predicted octanol–water partition coefficient (Wildman–Crippen LogP) is 0.234. The van der Waals surface area contributed by atoms with Crippen LogP contribution < -0.4 is 0 Å². The summed E-state index contributed by atoms with van der Waals surface area (Å²) >= 11 is 0. The van der Waals surface area contributed by atoms with E-state index in [1.54, 1.807) is 0 Å². The van der Waals surface area contributed by atoms with Crippen LogP contribution in [0.15, 0.2) is 12.5 Å². The van der Waals surface area contributed by atoms with Gasteiger partial charge in [0.1, 0.15) is 12.5 Å². The summed E-state index contributed by atoms with van der Waals surface area (Å²) in [5.74, 6) is -1.31. The van der Waals surface area contributed by atoms with Crippen molar-refractivity contribution in [3.8, 4) is 0 Å². The molecule has 0 aromatic heterocycles. The lowest BCUT2D eigenvalue weighted by atomic mass is 10.4. The van der Waals surface area contributed by atoms with Crippen molar-refractivity contribution < 1.29 is 14.3 Å². The van der Waals surface area contributed by atoms with Crippen LogP contribution in [0.4, 0.5) is 0 Å². The van der Waals surface area contributed by atoms with Gasteiger partial charge in [-0.1, -0.05) is 0 Å². The molecule has 1 radical (unpaired) electrons. The van der Waals surface area contributed by atoms with Crippen LogP contribution in [-0.2, 0) is 14.3 Å². The molecule has 3 nitrogen and oxygen atoms in total. The summed E-state index contributed by atoms with van der Waals surface area (Å²) in [7, 11) is 0. The van der Waals surface area contributed by atoms with E-state index in [2.05, 4.69) is 16.4 Å². The number of hydrogen-bond acceptors (Lipinski definition) is 3. The zero-order valence-corrected chi connectivity index (χ0v) is 4.16. The Bertz CT molecular complexity index is 120. The van der Waals surface area contributed by atoms with Gasteiger partial charge < -0.3 is 9.47 Å². The highest BCUT2D eigenvalue weighted by Crippen LogP contribution is 2.14. The fraction of sp³-hybridized carbons (Fsp3) is 0.200. The van der Waals surface area contributed by atoms with Crippen molar-refractivity contribution >= 4 is 6.29 Å². The average Bonchev–Trinajstić information content (AvgIpc) is 2.17. The number of rotatable bonds is 1. The molecule has 1 aliphatic rings. The first-order chi connectivity index (χ1) is 3.77. The molecule has 0 atom stereocenters. The maximum atomic E-state index is 9.98. The molecule has 0 saturated carbocycles. The van der Waals surface area contributed by atoms with Crippen molar-refractivity contribution in [3.63, 3.8) is 0 Å². The molecule has 0 aliphatic carbocycles. The van der Waals surface area contributed by atoms with Crippen LogP contribution in [0.25, 0.3) is 0 Å². The number of aldehydes is 1. The van der Waals surface area contributed by atoms with Crippen LogP contribution in [0.2, 0.25) is 0 Å². The first-order valence-corrected chi connectivity index (χ1v) is 2.09. The third-order valence-electron chi connectivity index (χ3n) is 0.770. The third-order valence-corrected chi connectivity index (χ3v) is 0.770. The summed E-state index contributed by atoms with van der Waals surface area (Å²) in [5.41, 5.74) is 0. The molecule has 1 rings (SSSR count). The van der Waals surface area contributed by atoms with Crippen LogP contribution in [0.1, 0.15) is 0 Å². The molecule has 3 heteroatoms. The molecule has 8 heavy (non-hydrogen) atoms. The van der Waals surface area contributed by atoms with E-state index in [-0.39, 0.29) is 0 Å². The van der Waals surface area contributed by atoms with Crippen molar-refractivity contribution in [1.29, 1.82) is 0 Å². The Labute approximate surface area is 46.9 Å².